The molecule has 4 nitrogen and oxygen atoms in total. The van der Waals surface area contributed by atoms with Crippen LogP contribution in [0.2, 0.25) is 0 Å². The van der Waals surface area contributed by atoms with Crippen molar-refractivity contribution >= 4 is 5.82 Å². The van der Waals surface area contributed by atoms with Crippen molar-refractivity contribution in [3.05, 3.63) is 18.3 Å². The summed E-state index contributed by atoms with van der Waals surface area (Å²) in [4.78, 5) is 4.17. The smallest absolute Gasteiger partial charge is 0.137 e. The lowest BCUT2D eigenvalue weighted by molar-refractivity contribution is 0.0870. The number of nitrogens with zero attached hydrogens (tertiary/aromatic N) is 1. The first-order chi connectivity index (χ1) is 7.22. The standard InChI is InChI=1S/C11H18N2O2/c1-9(2)15-7-6-12-11-5-4-10(14-3)8-13-11/h4-5,8-9H,6-7H2,1-3H3,(H,12,13). The fraction of sp³-hybridized carbons (Fsp3) is 0.545. The zero-order valence-electron chi connectivity index (χ0n) is 9.49. The molecule has 0 amide bonds. The van der Waals surface area contributed by atoms with Crippen LogP contribution in [0.5, 0.6) is 5.75 Å². The monoisotopic (exact) mass is 210 g/mol. The van der Waals surface area contributed by atoms with Gasteiger partial charge in [0.15, 0.2) is 0 Å². The molecule has 15 heavy (non-hydrogen) atoms. The van der Waals surface area contributed by atoms with E-state index in [2.05, 4.69) is 10.3 Å². The zero-order chi connectivity index (χ0) is 11.1. The summed E-state index contributed by atoms with van der Waals surface area (Å²) in [5.41, 5.74) is 0. The van der Waals surface area contributed by atoms with Crippen LogP contribution < -0.4 is 10.1 Å². The predicted molar refractivity (Wildman–Crippen MR) is 60.4 cm³/mol. The van der Waals surface area contributed by atoms with Crippen molar-refractivity contribution < 1.29 is 9.47 Å². The van der Waals surface area contributed by atoms with E-state index < -0.39 is 0 Å². The summed E-state index contributed by atoms with van der Waals surface area (Å²) in [5.74, 6) is 1.60. The maximum absolute atomic E-state index is 5.39. The Hall–Kier alpha value is -1.29. The molecule has 0 saturated carbocycles. The van der Waals surface area contributed by atoms with Gasteiger partial charge in [0.2, 0.25) is 0 Å². The SMILES string of the molecule is COc1ccc(NCCOC(C)C)nc1. The van der Waals surface area contributed by atoms with Gasteiger partial charge in [-0.25, -0.2) is 4.98 Å². The summed E-state index contributed by atoms with van der Waals surface area (Å²) >= 11 is 0. The van der Waals surface area contributed by atoms with Gasteiger partial charge in [-0.1, -0.05) is 0 Å². The Balaban J connectivity index is 2.25. The van der Waals surface area contributed by atoms with Crippen molar-refractivity contribution in [1.82, 2.24) is 4.98 Å². The maximum Gasteiger partial charge on any atom is 0.137 e. The van der Waals surface area contributed by atoms with Crippen LogP contribution in [-0.2, 0) is 4.74 Å². The van der Waals surface area contributed by atoms with E-state index in [0.717, 1.165) is 18.1 Å². The summed E-state index contributed by atoms with van der Waals surface area (Å²) in [7, 11) is 1.63. The summed E-state index contributed by atoms with van der Waals surface area (Å²) < 4.78 is 10.4. The van der Waals surface area contributed by atoms with E-state index in [4.69, 9.17) is 9.47 Å². The molecule has 1 aromatic rings. The number of aromatic nitrogens is 1. The number of pyridine rings is 1. The lowest BCUT2D eigenvalue weighted by atomic mass is 10.4. The summed E-state index contributed by atoms with van der Waals surface area (Å²) in [6, 6.07) is 3.76. The van der Waals surface area contributed by atoms with E-state index >= 15 is 0 Å². The molecule has 1 aromatic heterocycles. The highest BCUT2D eigenvalue weighted by Gasteiger charge is 1.96. The Bertz CT molecular complexity index is 272. The van der Waals surface area contributed by atoms with E-state index in [1.165, 1.54) is 0 Å². The third-order valence-electron chi connectivity index (χ3n) is 1.83. The number of hydrogen-bond donors (Lipinski definition) is 1. The fourth-order valence-corrected chi connectivity index (χ4v) is 1.08. The van der Waals surface area contributed by atoms with Crippen molar-refractivity contribution in [3.8, 4) is 5.75 Å². The topological polar surface area (TPSA) is 43.4 Å². The molecule has 0 unspecified atom stereocenters. The van der Waals surface area contributed by atoms with E-state index in [0.29, 0.717) is 6.61 Å². The molecule has 0 saturated heterocycles. The van der Waals surface area contributed by atoms with Gasteiger partial charge in [0.25, 0.3) is 0 Å². The van der Waals surface area contributed by atoms with Gasteiger partial charge in [0.1, 0.15) is 11.6 Å². The molecule has 0 aromatic carbocycles. The molecule has 1 N–H and O–H groups in total. The minimum absolute atomic E-state index is 0.274. The van der Waals surface area contributed by atoms with Gasteiger partial charge < -0.3 is 14.8 Å². The van der Waals surface area contributed by atoms with Crippen LogP contribution in [0.4, 0.5) is 5.82 Å². The third-order valence-corrected chi connectivity index (χ3v) is 1.83. The average molecular weight is 210 g/mol. The van der Waals surface area contributed by atoms with Gasteiger partial charge in [0, 0.05) is 6.54 Å². The van der Waals surface area contributed by atoms with Crippen LogP contribution >= 0.6 is 0 Å². The maximum atomic E-state index is 5.39. The summed E-state index contributed by atoms with van der Waals surface area (Å²) in [5, 5.41) is 3.16. The Morgan fingerprint density at radius 3 is 2.73 bits per heavy atom. The van der Waals surface area contributed by atoms with Crippen molar-refractivity contribution in [3.63, 3.8) is 0 Å². The number of nitrogens with one attached hydrogen (secondary N) is 1. The number of methoxy groups -OCH3 is 1. The summed E-state index contributed by atoms with van der Waals surface area (Å²) in [6.45, 7) is 5.49. The minimum Gasteiger partial charge on any atom is -0.495 e. The van der Waals surface area contributed by atoms with E-state index in [-0.39, 0.29) is 6.10 Å². The second kappa shape index (κ2) is 6.24. The van der Waals surface area contributed by atoms with Crippen LogP contribution in [-0.4, -0.2) is 31.3 Å². The molecule has 0 atom stereocenters. The number of rotatable bonds is 6. The quantitative estimate of drug-likeness (QED) is 0.728. The largest absolute Gasteiger partial charge is 0.495 e. The van der Waals surface area contributed by atoms with Crippen LogP contribution in [0, 0.1) is 0 Å². The first kappa shape index (κ1) is 11.8. The van der Waals surface area contributed by atoms with Crippen molar-refractivity contribution in [1.29, 1.82) is 0 Å². The molecular weight excluding hydrogens is 192 g/mol. The van der Waals surface area contributed by atoms with Crippen LogP contribution in [0.3, 0.4) is 0 Å². The normalized spacial score (nSPS) is 10.4. The molecule has 1 rings (SSSR count). The third kappa shape index (κ3) is 4.65. The van der Waals surface area contributed by atoms with Gasteiger partial charge >= 0.3 is 0 Å². The lowest BCUT2D eigenvalue weighted by Crippen LogP contribution is -2.13. The molecule has 0 fully saturated rings. The number of anilines is 1. The molecule has 84 valence electrons. The van der Waals surface area contributed by atoms with Gasteiger partial charge in [-0.2, -0.15) is 0 Å². The molecule has 0 radical (unpaired) electrons. The van der Waals surface area contributed by atoms with E-state index in [1.54, 1.807) is 13.3 Å². The minimum atomic E-state index is 0.274. The van der Waals surface area contributed by atoms with Crippen molar-refractivity contribution in [2.24, 2.45) is 0 Å². The molecule has 1 heterocycles. The highest BCUT2D eigenvalue weighted by atomic mass is 16.5. The van der Waals surface area contributed by atoms with Crippen LogP contribution in [0.25, 0.3) is 0 Å². The molecule has 0 aliphatic rings. The predicted octanol–water partition coefficient (Wildman–Crippen LogP) is 1.93. The van der Waals surface area contributed by atoms with Crippen molar-refractivity contribution in [2.75, 3.05) is 25.6 Å². The Morgan fingerprint density at radius 1 is 1.40 bits per heavy atom. The number of ether oxygens (including phenoxy) is 2. The lowest BCUT2D eigenvalue weighted by Gasteiger charge is -2.09. The van der Waals surface area contributed by atoms with E-state index in [1.807, 2.05) is 26.0 Å². The second-order valence-corrected chi connectivity index (χ2v) is 3.43. The molecule has 0 aliphatic heterocycles. The highest BCUT2D eigenvalue weighted by Crippen LogP contribution is 2.10. The van der Waals surface area contributed by atoms with E-state index in [9.17, 15) is 0 Å². The first-order valence-corrected chi connectivity index (χ1v) is 5.08. The molecule has 0 spiro atoms. The second-order valence-electron chi connectivity index (χ2n) is 3.43. The Kier molecular flexibility index (Phi) is 4.90. The van der Waals surface area contributed by atoms with Gasteiger partial charge in [-0.3, -0.25) is 0 Å². The Morgan fingerprint density at radius 2 is 2.20 bits per heavy atom. The van der Waals surface area contributed by atoms with Crippen molar-refractivity contribution in [2.45, 2.75) is 20.0 Å². The van der Waals surface area contributed by atoms with Crippen LogP contribution in [0.15, 0.2) is 18.3 Å². The summed E-state index contributed by atoms with van der Waals surface area (Å²) in [6.07, 6.45) is 1.96. The van der Waals surface area contributed by atoms with Crippen LogP contribution in [0.1, 0.15) is 13.8 Å². The zero-order valence-corrected chi connectivity index (χ0v) is 9.49. The molecule has 4 heteroatoms. The van der Waals surface area contributed by atoms with Gasteiger partial charge in [-0.05, 0) is 26.0 Å². The van der Waals surface area contributed by atoms with Gasteiger partial charge in [0.05, 0.1) is 26.0 Å². The Labute approximate surface area is 90.6 Å². The highest BCUT2D eigenvalue weighted by molar-refractivity contribution is 5.37. The average Bonchev–Trinajstić information content (AvgIpc) is 2.25. The first-order valence-electron chi connectivity index (χ1n) is 5.08. The molecular formula is C11H18N2O2. The molecule has 0 aliphatic carbocycles. The van der Waals surface area contributed by atoms with Gasteiger partial charge in [-0.15, -0.1) is 0 Å². The number of hydrogen-bond acceptors (Lipinski definition) is 4. The fourth-order valence-electron chi connectivity index (χ4n) is 1.08. The molecule has 0 bridgehead atoms.